The molecule has 1 N–H and O–H groups in total. The quantitative estimate of drug-likeness (QED) is 0.554. The van der Waals surface area contributed by atoms with E-state index in [-0.39, 0.29) is 24.6 Å². The van der Waals surface area contributed by atoms with Crippen molar-refractivity contribution in [2.45, 2.75) is 6.42 Å². The van der Waals surface area contributed by atoms with E-state index >= 15 is 0 Å². The molecule has 1 rings (SSSR count). The van der Waals surface area contributed by atoms with Crippen LogP contribution in [0.15, 0.2) is 6.20 Å². The van der Waals surface area contributed by atoms with Crippen LogP contribution in [0.25, 0.3) is 0 Å². The predicted octanol–water partition coefficient (Wildman–Crippen LogP) is 0.182. The van der Waals surface area contributed by atoms with Crippen LogP contribution in [0.1, 0.15) is 6.42 Å². The van der Waals surface area contributed by atoms with E-state index in [0.717, 1.165) is 6.20 Å². The number of rotatable bonds is 5. The maximum absolute atomic E-state index is 10.5. The van der Waals surface area contributed by atoms with Gasteiger partial charge in [0, 0.05) is 7.05 Å². The summed E-state index contributed by atoms with van der Waals surface area (Å²) in [6.45, 7) is -0.129. The van der Waals surface area contributed by atoms with Gasteiger partial charge in [0.1, 0.15) is 12.8 Å². The molecule has 0 fully saturated rings. The predicted molar refractivity (Wildman–Crippen MR) is 47.6 cm³/mol. The Balaban J connectivity index is 2.70. The summed E-state index contributed by atoms with van der Waals surface area (Å²) in [5, 5.41) is 22.5. The first-order valence-corrected chi connectivity index (χ1v) is 4.03. The summed E-state index contributed by atoms with van der Waals surface area (Å²) in [6.07, 6.45) is 0.832. The maximum Gasteiger partial charge on any atom is 0.350 e. The fourth-order valence-corrected chi connectivity index (χ4v) is 0.942. The average Bonchev–Trinajstić information content (AvgIpc) is 2.47. The highest BCUT2D eigenvalue weighted by atomic mass is 16.6. The maximum atomic E-state index is 10.5. The Hall–Kier alpha value is -2.12. The summed E-state index contributed by atoms with van der Waals surface area (Å²) in [5.74, 6) is -1.07. The zero-order chi connectivity index (χ0) is 11.4. The first-order valence-electron chi connectivity index (χ1n) is 4.03. The van der Waals surface area contributed by atoms with Crippen molar-refractivity contribution in [3.63, 3.8) is 0 Å². The molecule has 0 atom stereocenters. The first-order chi connectivity index (χ1) is 7.02. The Morgan fingerprint density at radius 2 is 2.47 bits per heavy atom. The highest BCUT2D eigenvalue weighted by molar-refractivity contribution is 5.66. The monoisotopic (exact) mass is 215 g/mol. The van der Waals surface area contributed by atoms with Crippen molar-refractivity contribution in [3.8, 4) is 5.88 Å². The van der Waals surface area contributed by atoms with Gasteiger partial charge in [-0.25, -0.2) is 4.68 Å². The second-order valence-corrected chi connectivity index (χ2v) is 2.71. The molecule has 0 radical (unpaired) electrons. The molecule has 0 aliphatic heterocycles. The lowest BCUT2D eigenvalue weighted by Gasteiger charge is -2.03. The molecule has 0 aliphatic carbocycles. The van der Waals surface area contributed by atoms with Gasteiger partial charge in [0.25, 0.3) is 5.88 Å². The number of nitrogens with zero attached hydrogens (tertiary/aromatic N) is 3. The number of aryl methyl sites for hydroxylation is 1. The van der Waals surface area contributed by atoms with Gasteiger partial charge >= 0.3 is 11.7 Å². The SMILES string of the molecule is Cn1ncc([N+](=O)[O-])c1OCCC(=O)O. The molecule has 15 heavy (non-hydrogen) atoms. The Kier molecular flexibility index (Phi) is 3.21. The molecule has 0 spiro atoms. The van der Waals surface area contributed by atoms with Gasteiger partial charge in [0.2, 0.25) is 0 Å². The standard InChI is InChI=1S/C7H9N3O5/c1-9-7(15-3-2-6(11)12)5(4-8-9)10(13)14/h4H,2-3H2,1H3,(H,11,12). The van der Waals surface area contributed by atoms with Crippen LogP contribution < -0.4 is 4.74 Å². The van der Waals surface area contributed by atoms with E-state index in [1.807, 2.05) is 0 Å². The van der Waals surface area contributed by atoms with Crippen LogP contribution in [0, 0.1) is 10.1 Å². The highest BCUT2D eigenvalue weighted by Crippen LogP contribution is 2.25. The highest BCUT2D eigenvalue weighted by Gasteiger charge is 2.20. The second-order valence-electron chi connectivity index (χ2n) is 2.71. The Labute approximate surface area is 84.2 Å². The van der Waals surface area contributed by atoms with E-state index in [1.165, 1.54) is 11.7 Å². The minimum Gasteiger partial charge on any atom is -0.481 e. The van der Waals surface area contributed by atoms with Crippen molar-refractivity contribution < 1.29 is 19.6 Å². The average molecular weight is 215 g/mol. The third-order valence-electron chi connectivity index (χ3n) is 1.62. The van der Waals surface area contributed by atoms with Crippen molar-refractivity contribution in [2.24, 2.45) is 7.05 Å². The van der Waals surface area contributed by atoms with E-state index in [2.05, 4.69) is 5.10 Å². The Morgan fingerprint density at radius 3 is 3.00 bits per heavy atom. The van der Waals surface area contributed by atoms with Crippen molar-refractivity contribution >= 4 is 11.7 Å². The lowest BCUT2D eigenvalue weighted by atomic mass is 10.5. The summed E-state index contributed by atoms with van der Waals surface area (Å²) in [7, 11) is 1.48. The van der Waals surface area contributed by atoms with Crippen molar-refractivity contribution in [1.29, 1.82) is 0 Å². The lowest BCUT2D eigenvalue weighted by Crippen LogP contribution is -2.08. The van der Waals surface area contributed by atoms with Crippen LogP contribution >= 0.6 is 0 Å². The van der Waals surface area contributed by atoms with Gasteiger partial charge in [-0.15, -0.1) is 0 Å². The fraction of sp³-hybridized carbons (Fsp3) is 0.429. The fourth-order valence-electron chi connectivity index (χ4n) is 0.942. The van der Waals surface area contributed by atoms with Crippen molar-refractivity contribution in [2.75, 3.05) is 6.61 Å². The molecular formula is C7H9N3O5. The molecule has 1 heterocycles. The van der Waals surface area contributed by atoms with Crippen molar-refractivity contribution in [3.05, 3.63) is 16.3 Å². The van der Waals surface area contributed by atoms with Gasteiger partial charge in [-0.3, -0.25) is 14.9 Å². The first kappa shape index (κ1) is 11.0. The number of carboxylic acids is 1. The van der Waals surface area contributed by atoms with Gasteiger partial charge in [-0.1, -0.05) is 0 Å². The minimum atomic E-state index is -1.03. The third-order valence-corrected chi connectivity index (χ3v) is 1.62. The van der Waals surface area contributed by atoms with Gasteiger partial charge in [-0.2, -0.15) is 5.10 Å². The minimum absolute atomic E-state index is 0.0405. The molecule has 0 bridgehead atoms. The van der Waals surface area contributed by atoms with Gasteiger partial charge in [0.15, 0.2) is 0 Å². The normalized spacial score (nSPS) is 9.93. The number of hydrogen-bond donors (Lipinski definition) is 1. The number of aliphatic carboxylic acids is 1. The second kappa shape index (κ2) is 4.40. The van der Waals surface area contributed by atoms with E-state index in [9.17, 15) is 14.9 Å². The van der Waals surface area contributed by atoms with Gasteiger partial charge in [-0.05, 0) is 0 Å². The molecule has 0 amide bonds. The lowest BCUT2D eigenvalue weighted by molar-refractivity contribution is -0.386. The van der Waals surface area contributed by atoms with Crippen LogP contribution in [0.3, 0.4) is 0 Å². The molecule has 1 aromatic heterocycles. The van der Waals surface area contributed by atoms with Crippen LogP contribution in [-0.4, -0.2) is 32.4 Å². The largest absolute Gasteiger partial charge is 0.481 e. The molecule has 0 saturated heterocycles. The smallest absolute Gasteiger partial charge is 0.350 e. The topological polar surface area (TPSA) is 107 Å². The van der Waals surface area contributed by atoms with Crippen LogP contribution in [0.4, 0.5) is 5.69 Å². The van der Waals surface area contributed by atoms with E-state index in [4.69, 9.17) is 9.84 Å². The van der Waals surface area contributed by atoms with Crippen LogP contribution in [-0.2, 0) is 11.8 Å². The molecule has 82 valence electrons. The van der Waals surface area contributed by atoms with Crippen molar-refractivity contribution in [1.82, 2.24) is 9.78 Å². The molecule has 0 saturated carbocycles. The van der Waals surface area contributed by atoms with E-state index < -0.39 is 10.9 Å². The zero-order valence-electron chi connectivity index (χ0n) is 7.91. The molecule has 0 unspecified atom stereocenters. The molecule has 0 aromatic carbocycles. The number of aromatic nitrogens is 2. The van der Waals surface area contributed by atoms with Crippen LogP contribution in [0.2, 0.25) is 0 Å². The molecule has 8 nitrogen and oxygen atoms in total. The molecule has 1 aromatic rings. The number of hydrogen-bond acceptors (Lipinski definition) is 5. The Morgan fingerprint density at radius 1 is 1.80 bits per heavy atom. The molecule has 0 aliphatic rings. The summed E-state index contributed by atoms with van der Waals surface area (Å²) >= 11 is 0. The van der Waals surface area contributed by atoms with Gasteiger partial charge in [0.05, 0.1) is 11.3 Å². The summed E-state index contributed by atoms with van der Waals surface area (Å²) in [5.41, 5.74) is -0.275. The number of carboxylic acid groups (broad SMARTS) is 1. The Bertz CT molecular complexity index is 386. The number of nitro groups is 1. The van der Waals surface area contributed by atoms with Crippen LogP contribution in [0.5, 0.6) is 5.88 Å². The summed E-state index contributed by atoms with van der Waals surface area (Å²) < 4.78 is 6.14. The molecular weight excluding hydrogens is 206 g/mol. The summed E-state index contributed by atoms with van der Waals surface area (Å²) in [4.78, 5) is 20.0. The number of ether oxygens (including phenoxy) is 1. The zero-order valence-corrected chi connectivity index (χ0v) is 7.91. The van der Waals surface area contributed by atoms with E-state index in [0.29, 0.717) is 0 Å². The summed E-state index contributed by atoms with van der Waals surface area (Å²) in [6, 6.07) is 0. The number of carbonyl (C=O) groups is 1. The van der Waals surface area contributed by atoms with Gasteiger partial charge < -0.3 is 9.84 Å². The van der Waals surface area contributed by atoms with E-state index in [1.54, 1.807) is 0 Å². The molecule has 8 heteroatoms. The third kappa shape index (κ3) is 2.66.